The number of hydrogen-bond donors (Lipinski definition) is 2. The van der Waals surface area contributed by atoms with Gasteiger partial charge in [0.25, 0.3) is 0 Å². The zero-order chi connectivity index (χ0) is 19.0. The molecule has 27 heavy (non-hydrogen) atoms. The fraction of sp³-hybridized carbons (Fsp3) is 0.727. The molecule has 2 N–H and O–H groups in total. The highest BCUT2D eigenvalue weighted by Crippen LogP contribution is 2.60. The van der Waals surface area contributed by atoms with Gasteiger partial charge in [-0.2, -0.15) is 0 Å². The van der Waals surface area contributed by atoms with Gasteiger partial charge in [-0.15, -0.1) is 0 Å². The van der Waals surface area contributed by atoms with Gasteiger partial charge in [0.1, 0.15) is 11.8 Å². The second-order valence-electron chi connectivity index (χ2n) is 9.65. The van der Waals surface area contributed by atoms with Gasteiger partial charge in [0.05, 0.1) is 12.8 Å². The molecule has 4 bridgehead atoms. The zero-order valence-corrected chi connectivity index (χ0v) is 16.5. The van der Waals surface area contributed by atoms with Crippen LogP contribution in [0.3, 0.4) is 0 Å². The van der Waals surface area contributed by atoms with E-state index in [1.54, 1.807) is 6.26 Å². The van der Waals surface area contributed by atoms with Crippen LogP contribution in [0.1, 0.15) is 64.6 Å². The molecule has 148 valence electrons. The summed E-state index contributed by atoms with van der Waals surface area (Å²) in [7, 11) is 0. The lowest BCUT2D eigenvalue weighted by molar-refractivity contribution is -0.148. The molecule has 1 heterocycles. The van der Waals surface area contributed by atoms with Crippen molar-refractivity contribution in [1.82, 2.24) is 10.6 Å². The molecule has 0 unspecified atom stereocenters. The SMILES string of the molecule is CC(C)C[C@@H](NC(=O)C12CC3CC(CC(C3)C1)C2)C(=O)NCc1ccco1. The van der Waals surface area contributed by atoms with Crippen molar-refractivity contribution in [3.8, 4) is 0 Å². The van der Waals surface area contributed by atoms with E-state index in [0.717, 1.165) is 42.8 Å². The lowest BCUT2D eigenvalue weighted by atomic mass is 9.49. The van der Waals surface area contributed by atoms with Crippen LogP contribution in [-0.2, 0) is 16.1 Å². The van der Waals surface area contributed by atoms with Crippen LogP contribution < -0.4 is 10.6 Å². The van der Waals surface area contributed by atoms with E-state index in [-0.39, 0.29) is 17.2 Å². The third-order valence-corrected chi connectivity index (χ3v) is 6.87. The van der Waals surface area contributed by atoms with Crippen LogP contribution in [0.2, 0.25) is 0 Å². The first-order valence-corrected chi connectivity index (χ1v) is 10.5. The summed E-state index contributed by atoms with van der Waals surface area (Å²) < 4.78 is 5.29. The molecule has 1 aromatic rings. The Morgan fingerprint density at radius 1 is 1.15 bits per heavy atom. The second-order valence-corrected chi connectivity index (χ2v) is 9.65. The molecule has 4 saturated carbocycles. The molecular formula is C22H32N2O3. The molecule has 4 aliphatic rings. The van der Waals surface area contributed by atoms with E-state index < -0.39 is 6.04 Å². The first-order chi connectivity index (χ1) is 12.9. The molecule has 5 nitrogen and oxygen atoms in total. The van der Waals surface area contributed by atoms with E-state index in [1.807, 2.05) is 12.1 Å². The minimum atomic E-state index is -0.472. The summed E-state index contributed by atoms with van der Waals surface area (Å²) in [4.78, 5) is 26.1. The van der Waals surface area contributed by atoms with Crippen molar-refractivity contribution < 1.29 is 14.0 Å². The van der Waals surface area contributed by atoms with Crippen LogP contribution in [0.5, 0.6) is 0 Å². The quantitative estimate of drug-likeness (QED) is 0.767. The van der Waals surface area contributed by atoms with Gasteiger partial charge >= 0.3 is 0 Å². The van der Waals surface area contributed by atoms with Crippen molar-refractivity contribution in [3.05, 3.63) is 24.2 Å². The normalized spacial score (nSPS) is 32.5. The number of carbonyl (C=O) groups is 2. The third kappa shape index (κ3) is 3.92. The maximum Gasteiger partial charge on any atom is 0.242 e. The number of carbonyl (C=O) groups excluding carboxylic acids is 2. The van der Waals surface area contributed by atoms with E-state index >= 15 is 0 Å². The molecule has 0 radical (unpaired) electrons. The number of hydrogen-bond acceptors (Lipinski definition) is 3. The van der Waals surface area contributed by atoms with Gasteiger partial charge in [-0.25, -0.2) is 0 Å². The van der Waals surface area contributed by atoms with Gasteiger partial charge in [-0.3, -0.25) is 9.59 Å². The van der Waals surface area contributed by atoms with Crippen molar-refractivity contribution in [1.29, 1.82) is 0 Å². The Morgan fingerprint density at radius 3 is 2.30 bits per heavy atom. The Hall–Kier alpha value is -1.78. The zero-order valence-electron chi connectivity index (χ0n) is 16.5. The van der Waals surface area contributed by atoms with Crippen molar-refractivity contribution in [3.63, 3.8) is 0 Å². The molecule has 0 saturated heterocycles. The van der Waals surface area contributed by atoms with Crippen LogP contribution in [-0.4, -0.2) is 17.9 Å². The Morgan fingerprint density at radius 2 is 1.78 bits per heavy atom. The predicted molar refractivity (Wildman–Crippen MR) is 103 cm³/mol. The highest BCUT2D eigenvalue weighted by Gasteiger charge is 2.54. The van der Waals surface area contributed by atoms with Gasteiger partial charge < -0.3 is 15.1 Å². The van der Waals surface area contributed by atoms with Gasteiger partial charge in [-0.05, 0) is 80.8 Å². The van der Waals surface area contributed by atoms with E-state index in [2.05, 4.69) is 24.5 Å². The minimum absolute atomic E-state index is 0.113. The monoisotopic (exact) mass is 372 g/mol. The molecular weight excluding hydrogens is 340 g/mol. The van der Waals surface area contributed by atoms with Gasteiger partial charge in [0.15, 0.2) is 0 Å². The standard InChI is InChI=1S/C22H32N2O3/c1-14(2)6-19(20(25)23-13-18-4-3-5-27-18)24-21(26)22-10-15-7-16(11-22)9-17(8-15)12-22/h3-5,14-17,19H,6-13H2,1-2H3,(H,23,25)(H,24,26)/t15?,16?,17?,19-,22?/m1/s1. The van der Waals surface area contributed by atoms with Crippen LogP contribution in [0.25, 0.3) is 0 Å². The van der Waals surface area contributed by atoms with Crippen LogP contribution >= 0.6 is 0 Å². The maximum atomic E-state index is 13.3. The lowest BCUT2D eigenvalue weighted by Crippen LogP contribution is -2.57. The van der Waals surface area contributed by atoms with Crippen molar-refractivity contribution >= 4 is 11.8 Å². The Balaban J connectivity index is 1.41. The summed E-state index contributed by atoms with van der Waals surface area (Å²) in [5.74, 6) is 3.23. The number of furan rings is 1. The Kier molecular flexibility index (Phi) is 5.04. The molecule has 4 aliphatic carbocycles. The minimum Gasteiger partial charge on any atom is -0.467 e. The third-order valence-electron chi connectivity index (χ3n) is 6.87. The maximum absolute atomic E-state index is 13.3. The number of nitrogens with one attached hydrogen (secondary N) is 2. The molecule has 2 amide bonds. The van der Waals surface area contributed by atoms with Crippen molar-refractivity contribution in [2.75, 3.05) is 0 Å². The second kappa shape index (κ2) is 7.33. The molecule has 0 aliphatic heterocycles. The van der Waals surface area contributed by atoms with Crippen LogP contribution in [0, 0.1) is 29.1 Å². The average molecular weight is 373 g/mol. The molecule has 5 heteroatoms. The van der Waals surface area contributed by atoms with Gasteiger partial charge in [0.2, 0.25) is 11.8 Å². The van der Waals surface area contributed by atoms with Crippen LogP contribution in [0.4, 0.5) is 0 Å². The summed E-state index contributed by atoms with van der Waals surface area (Å²) in [6.07, 6.45) is 9.25. The number of rotatable bonds is 7. The topological polar surface area (TPSA) is 71.3 Å². The van der Waals surface area contributed by atoms with Gasteiger partial charge in [0, 0.05) is 5.41 Å². The van der Waals surface area contributed by atoms with Crippen LogP contribution in [0.15, 0.2) is 22.8 Å². The van der Waals surface area contributed by atoms with E-state index in [1.165, 1.54) is 19.3 Å². The molecule has 0 aromatic carbocycles. The fourth-order valence-electron chi connectivity index (χ4n) is 6.11. The molecule has 4 fully saturated rings. The number of amides is 2. The largest absolute Gasteiger partial charge is 0.467 e. The van der Waals surface area contributed by atoms with E-state index in [0.29, 0.717) is 18.9 Å². The predicted octanol–water partition coefficient (Wildman–Crippen LogP) is 3.64. The van der Waals surface area contributed by atoms with Crippen molar-refractivity contribution in [2.24, 2.45) is 29.1 Å². The average Bonchev–Trinajstić information content (AvgIpc) is 3.11. The summed E-state index contributed by atoms with van der Waals surface area (Å²) in [5, 5.41) is 6.08. The summed E-state index contributed by atoms with van der Waals surface area (Å²) in [5.41, 5.74) is -0.217. The lowest BCUT2D eigenvalue weighted by Gasteiger charge is -2.55. The Labute approximate surface area is 161 Å². The van der Waals surface area contributed by atoms with Gasteiger partial charge in [-0.1, -0.05) is 13.8 Å². The summed E-state index contributed by atoms with van der Waals surface area (Å²) in [6.45, 7) is 4.53. The highest BCUT2D eigenvalue weighted by molar-refractivity contribution is 5.90. The summed E-state index contributed by atoms with van der Waals surface area (Å²) >= 11 is 0. The summed E-state index contributed by atoms with van der Waals surface area (Å²) in [6, 6.07) is 3.17. The van der Waals surface area contributed by atoms with E-state index in [9.17, 15) is 9.59 Å². The van der Waals surface area contributed by atoms with E-state index in [4.69, 9.17) is 4.42 Å². The fourth-order valence-corrected chi connectivity index (χ4v) is 6.11. The molecule has 1 atom stereocenters. The van der Waals surface area contributed by atoms with Crippen molar-refractivity contribution in [2.45, 2.75) is 71.4 Å². The highest BCUT2D eigenvalue weighted by atomic mass is 16.3. The Bertz CT molecular complexity index is 644. The molecule has 1 aromatic heterocycles. The smallest absolute Gasteiger partial charge is 0.242 e. The first kappa shape index (κ1) is 18.6. The molecule has 0 spiro atoms. The first-order valence-electron chi connectivity index (χ1n) is 10.5. The molecule has 5 rings (SSSR count).